The van der Waals surface area contributed by atoms with Gasteiger partial charge in [0.15, 0.2) is 5.69 Å². The first-order valence-electron chi connectivity index (χ1n) is 11.5. The van der Waals surface area contributed by atoms with Gasteiger partial charge in [-0.25, -0.2) is 18.4 Å². The molecule has 0 atom stereocenters. The van der Waals surface area contributed by atoms with Crippen molar-refractivity contribution in [3.8, 4) is 0 Å². The molecule has 0 saturated heterocycles. The summed E-state index contributed by atoms with van der Waals surface area (Å²) in [4.78, 5) is 23.8. The highest BCUT2D eigenvalue weighted by atomic mass is 32.2. The second kappa shape index (κ2) is 10.4. The quantitative estimate of drug-likeness (QED) is 0.319. The van der Waals surface area contributed by atoms with Crippen LogP contribution >= 0.6 is 0 Å². The molecule has 1 aromatic carbocycles. The lowest BCUT2D eigenvalue weighted by Crippen LogP contribution is -2.28. The lowest BCUT2D eigenvalue weighted by Gasteiger charge is -2.24. The highest BCUT2D eigenvalue weighted by molar-refractivity contribution is 7.91. The van der Waals surface area contributed by atoms with Gasteiger partial charge in [-0.2, -0.15) is 0 Å². The number of amides is 1. The van der Waals surface area contributed by atoms with E-state index in [4.69, 9.17) is 8.83 Å². The lowest BCUT2D eigenvalue weighted by atomic mass is 10.1. The Kier molecular flexibility index (Phi) is 7.25. The molecular weight excluding hydrogens is 480 g/mol. The molecule has 0 saturated carbocycles. The maximum absolute atomic E-state index is 13.6. The number of anilines is 2. The van der Waals surface area contributed by atoms with Gasteiger partial charge >= 0.3 is 0 Å². The Hall–Kier alpha value is -3.92. The van der Waals surface area contributed by atoms with Gasteiger partial charge in [0, 0.05) is 5.69 Å². The summed E-state index contributed by atoms with van der Waals surface area (Å²) in [6, 6.07) is 13.0. The fourth-order valence-corrected chi connectivity index (χ4v) is 4.50. The molecule has 0 aliphatic heterocycles. The summed E-state index contributed by atoms with van der Waals surface area (Å²) in [6.45, 7) is 7.68. The molecule has 3 heterocycles. The van der Waals surface area contributed by atoms with Gasteiger partial charge in [-0.15, -0.1) is 0 Å². The molecule has 36 heavy (non-hydrogen) atoms. The molecule has 0 unspecified atom stereocenters. The number of aryl methyl sites for hydroxylation is 3. The second-order valence-corrected chi connectivity index (χ2v) is 10.6. The number of nitrogens with one attached hydrogen (secondary N) is 1. The first kappa shape index (κ1) is 25.2. The molecule has 1 N–H and O–H groups in total. The van der Waals surface area contributed by atoms with Crippen molar-refractivity contribution in [2.45, 2.75) is 45.9 Å². The average molecular weight is 509 g/mol. The molecule has 4 aromatic rings. The Morgan fingerprint density at radius 2 is 1.72 bits per heavy atom. The minimum atomic E-state index is -3.75. The van der Waals surface area contributed by atoms with E-state index < -0.39 is 20.9 Å². The van der Waals surface area contributed by atoms with Crippen LogP contribution in [0.25, 0.3) is 0 Å². The van der Waals surface area contributed by atoms with Crippen molar-refractivity contribution in [1.29, 1.82) is 0 Å². The van der Waals surface area contributed by atoms with Crippen LogP contribution in [0.2, 0.25) is 0 Å². The fraction of sp³-hybridized carbons (Fsp3) is 0.269. The van der Waals surface area contributed by atoms with Crippen molar-refractivity contribution in [2.24, 2.45) is 0 Å². The van der Waals surface area contributed by atoms with E-state index in [1.54, 1.807) is 12.3 Å². The van der Waals surface area contributed by atoms with Crippen molar-refractivity contribution in [1.82, 2.24) is 9.97 Å². The summed E-state index contributed by atoms with van der Waals surface area (Å²) >= 11 is 0. The van der Waals surface area contributed by atoms with Gasteiger partial charge in [-0.3, -0.25) is 4.79 Å². The topological polar surface area (TPSA) is 119 Å². The molecule has 0 aliphatic rings. The first-order chi connectivity index (χ1) is 17.2. The van der Waals surface area contributed by atoms with Crippen LogP contribution in [-0.2, 0) is 22.9 Å². The number of furan rings is 2. The Morgan fingerprint density at radius 1 is 1.00 bits per heavy atom. The van der Waals surface area contributed by atoms with Crippen molar-refractivity contribution < 1.29 is 22.0 Å². The van der Waals surface area contributed by atoms with Gasteiger partial charge in [-0.05, 0) is 56.2 Å². The van der Waals surface area contributed by atoms with E-state index in [0.717, 1.165) is 16.9 Å². The standard InChI is InChI=1S/C26H28N4O5S/c1-5-36(32,33)26-27-14-22(24(29-26)25(31)28-23-17(2)8-6-9-18(23)3)30(15-20-10-7-13-34-20)16-21-12-11-19(4)35-21/h6-14H,5,15-16H2,1-4H3,(H,28,31). The normalized spacial score (nSPS) is 11.4. The molecule has 4 rings (SSSR count). The van der Waals surface area contributed by atoms with Gasteiger partial charge in [0.05, 0.1) is 37.0 Å². The van der Waals surface area contributed by atoms with Crippen LogP contribution < -0.4 is 10.2 Å². The second-order valence-electron chi connectivity index (χ2n) is 8.46. The maximum Gasteiger partial charge on any atom is 0.276 e. The zero-order valence-corrected chi connectivity index (χ0v) is 21.4. The van der Waals surface area contributed by atoms with E-state index >= 15 is 0 Å². The predicted octanol–water partition coefficient (Wildman–Crippen LogP) is 4.84. The van der Waals surface area contributed by atoms with E-state index in [1.807, 2.05) is 62.1 Å². The third-order valence-corrected chi connectivity index (χ3v) is 7.26. The number of nitrogens with zero attached hydrogens (tertiary/aromatic N) is 3. The summed E-state index contributed by atoms with van der Waals surface area (Å²) in [5, 5.41) is 2.52. The third-order valence-electron chi connectivity index (χ3n) is 5.75. The average Bonchev–Trinajstić information content (AvgIpc) is 3.52. The minimum absolute atomic E-state index is 0.0606. The fourth-order valence-electron chi connectivity index (χ4n) is 3.80. The van der Waals surface area contributed by atoms with Crippen LogP contribution in [0.1, 0.15) is 45.8 Å². The molecule has 10 heteroatoms. The molecule has 0 radical (unpaired) electrons. The number of benzene rings is 1. The largest absolute Gasteiger partial charge is 0.467 e. The van der Waals surface area contributed by atoms with Crippen LogP contribution in [0.5, 0.6) is 0 Å². The van der Waals surface area contributed by atoms with E-state index in [2.05, 4.69) is 15.3 Å². The first-order valence-corrected chi connectivity index (χ1v) is 13.1. The van der Waals surface area contributed by atoms with Crippen LogP contribution in [0, 0.1) is 20.8 Å². The third kappa shape index (κ3) is 5.49. The van der Waals surface area contributed by atoms with Gasteiger partial charge in [-0.1, -0.05) is 25.1 Å². The van der Waals surface area contributed by atoms with Crippen molar-refractivity contribution in [2.75, 3.05) is 16.0 Å². The molecule has 0 spiro atoms. The van der Waals surface area contributed by atoms with Crippen molar-refractivity contribution >= 4 is 27.1 Å². The van der Waals surface area contributed by atoms with Crippen LogP contribution in [-0.4, -0.2) is 30.0 Å². The number of carbonyl (C=O) groups excluding carboxylic acids is 1. The highest BCUT2D eigenvalue weighted by Gasteiger charge is 2.26. The number of aromatic nitrogens is 2. The summed E-state index contributed by atoms with van der Waals surface area (Å²) in [7, 11) is -3.75. The van der Waals surface area contributed by atoms with Crippen LogP contribution in [0.4, 0.5) is 11.4 Å². The van der Waals surface area contributed by atoms with Crippen molar-refractivity contribution in [3.63, 3.8) is 0 Å². The number of sulfone groups is 1. The van der Waals surface area contributed by atoms with Gasteiger partial charge in [0.2, 0.25) is 15.0 Å². The molecule has 9 nitrogen and oxygen atoms in total. The molecule has 0 fully saturated rings. The Bertz CT molecular complexity index is 1460. The minimum Gasteiger partial charge on any atom is -0.467 e. The van der Waals surface area contributed by atoms with Gasteiger partial charge < -0.3 is 19.1 Å². The summed E-state index contributed by atoms with van der Waals surface area (Å²) in [6.07, 6.45) is 2.93. The summed E-state index contributed by atoms with van der Waals surface area (Å²) in [5.41, 5.74) is 2.68. The zero-order valence-electron chi connectivity index (χ0n) is 20.6. The van der Waals surface area contributed by atoms with Crippen LogP contribution in [0.15, 0.2) is 68.9 Å². The molecular formula is C26H28N4O5S. The van der Waals surface area contributed by atoms with Crippen LogP contribution in [0.3, 0.4) is 0 Å². The van der Waals surface area contributed by atoms with E-state index in [1.165, 1.54) is 13.1 Å². The summed E-state index contributed by atoms with van der Waals surface area (Å²) in [5.74, 6) is 1.32. The number of para-hydroxylation sites is 1. The number of hydrogen-bond acceptors (Lipinski definition) is 8. The number of rotatable bonds is 9. The maximum atomic E-state index is 13.6. The molecule has 3 aromatic heterocycles. The molecule has 1 amide bonds. The molecule has 0 aliphatic carbocycles. The lowest BCUT2D eigenvalue weighted by molar-refractivity contribution is 0.102. The smallest absolute Gasteiger partial charge is 0.276 e. The highest BCUT2D eigenvalue weighted by Crippen LogP contribution is 2.27. The van der Waals surface area contributed by atoms with E-state index in [0.29, 0.717) is 22.9 Å². The van der Waals surface area contributed by atoms with E-state index in [-0.39, 0.29) is 24.5 Å². The SMILES string of the molecule is CCS(=O)(=O)c1ncc(N(Cc2ccco2)Cc2ccc(C)o2)c(C(=O)Nc2c(C)cccc2C)n1. The van der Waals surface area contributed by atoms with Crippen molar-refractivity contribution in [3.05, 3.63) is 89.0 Å². The summed E-state index contributed by atoms with van der Waals surface area (Å²) < 4.78 is 36.5. The predicted molar refractivity (Wildman–Crippen MR) is 136 cm³/mol. The van der Waals surface area contributed by atoms with E-state index in [9.17, 15) is 13.2 Å². The Morgan fingerprint density at radius 3 is 2.33 bits per heavy atom. The zero-order chi connectivity index (χ0) is 25.9. The molecule has 188 valence electrons. The Balaban J connectivity index is 1.82. The monoisotopic (exact) mass is 508 g/mol. The number of carbonyl (C=O) groups is 1. The van der Waals surface area contributed by atoms with Gasteiger partial charge in [0.1, 0.15) is 17.3 Å². The Labute approximate surface area is 210 Å². The molecule has 0 bridgehead atoms. The van der Waals surface area contributed by atoms with Gasteiger partial charge in [0.25, 0.3) is 5.91 Å². The number of hydrogen-bond donors (Lipinski definition) is 1.